The molecule has 3 aliphatic rings. The van der Waals surface area contributed by atoms with E-state index in [2.05, 4.69) is 20.5 Å². The van der Waals surface area contributed by atoms with Gasteiger partial charge in [-0.3, -0.25) is 19.8 Å². The second-order valence-corrected chi connectivity index (χ2v) is 12.5. The number of anilines is 1. The number of halogens is 3. The van der Waals surface area contributed by atoms with E-state index in [4.69, 9.17) is 39.5 Å². The normalized spacial score (nSPS) is 24.4. The van der Waals surface area contributed by atoms with Gasteiger partial charge >= 0.3 is 5.97 Å². The summed E-state index contributed by atoms with van der Waals surface area (Å²) < 4.78 is 4.73. The molecule has 1 saturated carbocycles. The molecular formula is C30H28Cl3N5O6. The van der Waals surface area contributed by atoms with E-state index < -0.39 is 34.4 Å². The first-order chi connectivity index (χ1) is 21.1. The number of methoxy groups -OCH3 is 1. The summed E-state index contributed by atoms with van der Waals surface area (Å²) in [7, 11) is 1.20. The van der Waals surface area contributed by atoms with Crippen LogP contribution in [0, 0.1) is 16.0 Å². The van der Waals surface area contributed by atoms with Crippen molar-refractivity contribution in [2.45, 2.75) is 42.9 Å². The Bertz CT molecular complexity index is 1650. The van der Waals surface area contributed by atoms with E-state index in [1.165, 1.54) is 25.3 Å². The third kappa shape index (κ3) is 5.21. The van der Waals surface area contributed by atoms with Gasteiger partial charge in [0.15, 0.2) is 0 Å². The summed E-state index contributed by atoms with van der Waals surface area (Å²) in [5, 5.41) is 30.2. The molecule has 230 valence electrons. The molecule has 14 heteroatoms. The summed E-state index contributed by atoms with van der Waals surface area (Å²) in [4.78, 5) is 44.1. The van der Waals surface area contributed by atoms with Crippen LogP contribution in [-0.4, -0.2) is 64.1 Å². The SMILES string of the molecule is COC(=O)c1ccc(CN[C@@H]2[C@H](CO)N(CC3CC3)[C@@]3(C(=O)Nc4cc(Cl)ccc43)[C@H]2c2cc(Cl)nc(Cl)c2)c([N+](=O)[O-])c1. The van der Waals surface area contributed by atoms with Gasteiger partial charge < -0.3 is 20.5 Å². The number of carbonyl (C=O) groups excluding carboxylic acids is 2. The van der Waals surface area contributed by atoms with Crippen molar-refractivity contribution >= 4 is 58.1 Å². The molecule has 1 spiro atoms. The van der Waals surface area contributed by atoms with E-state index in [0.29, 0.717) is 39.9 Å². The van der Waals surface area contributed by atoms with E-state index in [-0.39, 0.29) is 40.6 Å². The zero-order chi connectivity index (χ0) is 31.3. The average molecular weight is 661 g/mol. The number of esters is 1. The molecule has 2 fully saturated rings. The van der Waals surface area contributed by atoms with Gasteiger partial charge in [-0.25, -0.2) is 9.78 Å². The number of benzene rings is 2. The number of amides is 1. The predicted octanol–water partition coefficient (Wildman–Crippen LogP) is 4.91. The highest BCUT2D eigenvalue weighted by molar-refractivity contribution is 6.32. The van der Waals surface area contributed by atoms with Crippen LogP contribution in [0.2, 0.25) is 15.3 Å². The van der Waals surface area contributed by atoms with Crippen LogP contribution in [-0.2, 0) is 21.6 Å². The molecular weight excluding hydrogens is 633 g/mol. The molecule has 0 bridgehead atoms. The summed E-state index contributed by atoms with van der Waals surface area (Å²) in [5.41, 5.74) is 0.641. The van der Waals surface area contributed by atoms with Gasteiger partial charge in [0.2, 0.25) is 5.91 Å². The number of aromatic nitrogens is 1. The minimum atomic E-state index is -1.30. The number of nitrogens with zero attached hydrogens (tertiary/aromatic N) is 3. The highest BCUT2D eigenvalue weighted by atomic mass is 35.5. The number of hydrogen-bond donors (Lipinski definition) is 3. The van der Waals surface area contributed by atoms with Crippen molar-refractivity contribution in [3.8, 4) is 0 Å². The van der Waals surface area contributed by atoms with Gasteiger partial charge in [-0.2, -0.15) is 0 Å². The van der Waals surface area contributed by atoms with Crippen molar-refractivity contribution < 1.29 is 24.4 Å². The molecule has 2 aliphatic heterocycles. The van der Waals surface area contributed by atoms with Gasteiger partial charge in [-0.1, -0.05) is 46.9 Å². The Labute approximate surface area is 267 Å². The van der Waals surface area contributed by atoms with E-state index >= 15 is 0 Å². The lowest BCUT2D eigenvalue weighted by atomic mass is 9.73. The topological polar surface area (TPSA) is 147 Å². The van der Waals surface area contributed by atoms with Crippen LogP contribution in [0.1, 0.15) is 45.8 Å². The van der Waals surface area contributed by atoms with Crippen molar-refractivity contribution in [2.75, 3.05) is 25.6 Å². The minimum Gasteiger partial charge on any atom is -0.465 e. The highest BCUT2D eigenvalue weighted by Gasteiger charge is 2.67. The standard InChI is InChI=1S/C30H28Cl3N5O6/c1-44-28(40)16-4-5-17(22(8-16)38(42)43)12-34-27-23(14-39)37(13-15-2-3-15)30(26(27)18-9-24(32)36-25(33)10-18)20-7-6-19(31)11-21(20)35-29(30)41/h4-11,15,23,26-27,34,39H,2-3,12-14H2,1H3,(H,35,41)/t23-,26-,27+,30+/m0/s1. The van der Waals surface area contributed by atoms with E-state index in [9.17, 15) is 24.8 Å². The molecule has 6 rings (SSSR count). The van der Waals surface area contributed by atoms with Gasteiger partial charge in [0.05, 0.1) is 30.2 Å². The van der Waals surface area contributed by atoms with Gasteiger partial charge in [0, 0.05) is 53.0 Å². The Balaban J connectivity index is 1.51. The molecule has 1 aliphatic carbocycles. The lowest BCUT2D eigenvalue weighted by Crippen LogP contribution is -2.53. The largest absolute Gasteiger partial charge is 0.465 e. The number of aliphatic hydroxyl groups is 1. The van der Waals surface area contributed by atoms with Gasteiger partial charge in [-0.15, -0.1) is 0 Å². The zero-order valence-electron chi connectivity index (χ0n) is 23.4. The summed E-state index contributed by atoms with van der Waals surface area (Å²) in [5.74, 6) is -1.33. The molecule has 2 aromatic carbocycles. The number of rotatable bonds is 9. The lowest BCUT2D eigenvalue weighted by molar-refractivity contribution is -0.385. The van der Waals surface area contributed by atoms with Gasteiger partial charge in [0.1, 0.15) is 15.8 Å². The highest BCUT2D eigenvalue weighted by Crippen LogP contribution is 2.58. The van der Waals surface area contributed by atoms with Crippen molar-refractivity contribution in [1.82, 2.24) is 15.2 Å². The molecule has 3 aromatic rings. The van der Waals surface area contributed by atoms with Crippen LogP contribution >= 0.6 is 34.8 Å². The summed E-state index contributed by atoms with van der Waals surface area (Å²) >= 11 is 19.1. The maximum Gasteiger partial charge on any atom is 0.338 e. The Morgan fingerprint density at radius 3 is 2.55 bits per heavy atom. The van der Waals surface area contributed by atoms with Crippen LogP contribution < -0.4 is 10.6 Å². The van der Waals surface area contributed by atoms with Gasteiger partial charge in [0.25, 0.3) is 5.69 Å². The number of pyridine rings is 1. The molecule has 3 N–H and O–H groups in total. The number of carbonyl (C=O) groups is 2. The van der Waals surface area contributed by atoms with Gasteiger partial charge in [-0.05, 0) is 54.7 Å². The molecule has 1 aromatic heterocycles. The van der Waals surface area contributed by atoms with Crippen molar-refractivity contribution in [3.05, 3.63) is 96.2 Å². The summed E-state index contributed by atoms with van der Waals surface area (Å²) in [6.45, 7) is 0.217. The van der Waals surface area contributed by atoms with Crippen LogP contribution in [0.15, 0.2) is 48.5 Å². The number of nitro groups is 1. The molecule has 4 atom stereocenters. The molecule has 0 unspecified atom stereocenters. The fraction of sp³-hybridized carbons (Fsp3) is 0.367. The number of hydrogen-bond acceptors (Lipinski definition) is 9. The third-order valence-corrected chi connectivity index (χ3v) is 9.40. The van der Waals surface area contributed by atoms with Crippen LogP contribution in [0.5, 0.6) is 0 Å². The Morgan fingerprint density at radius 2 is 1.91 bits per heavy atom. The molecule has 44 heavy (non-hydrogen) atoms. The number of aliphatic hydroxyl groups excluding tert-OH is 1. The van der Waals surface area contributed by atoms with Crippen molar-refractivity contribution in [3.63, 3.8) is 0 Å². The summed E-state index contributed by atoms with van der Waals surface area (Å²) in [6, 6.07) is 11.5. The quantitative estimate of drug-likeness (QED) is 0.126. The van der Waals surface area contributed by atoms with Crippen LogP contribution in [0.3, 0.4) is 0 Å². The Hall–Kier alpha value is -3.32. The summed E-state index contributed by atoms with van der Waals surface area (Å²) in [6.07, 6.45) is 1.99. The molecule has 1 amide bonds. The third-order valence-electron chi connectivity index (χ3n) is 8.78. The molecule has 11 nitrogen and oxygen atoms in total. The fourth-order valence-electron chi connectivity index (χ4n) is 6.79. The average Bonchev–Trinajstić information content (AvgIpc) is 3.70. The number of fused-ring (bicyclic) bond motifs is 2. The van der Waals surface area contributed by atoms with E-state index in [1.54, 1.807) is 24.3 Å². The first-order valence-corrected chi connectivity index (χ1v) is 15.1. The van der Waals surface area contributed by atoms with Crippen LogP contribution in [0.25, 0.3) is 0 Å². The monoisotopic (exact) mass is 659 g/mol. The Kier molecular flexibility index (Phi) is 8.29. The minimum absolute atomic E-state index is 0.00950. The van der Waals surface area contributed by atoms with Crippen molar-refractivity contribution in [1.29, 1.82) is 0 Å². The second kappa shape index (κ2) is 11.9. The smallest absolute Gasteiger partial charge is 0.338 e. The first kappa shape index (κ1) is 30.7. The molecule has 1 saturated heterocycles. The number of nitro benzene ring substituents is 1. The van der Waals surface area contributed by atoms with E-state index in [1.807, 2.05) is 6.07 Å². The lowest BCUT2D eigenvalue weighted by Gasteiger charge is -2.39. The maximum absolute atomic E-state index is 14.4. The number of likely N-dealkylation sites (tertiary alicyclic amines) is 1. The van der Waals surface area contributed by atoms with Crippen molar-refractivity contribution in [2.24, 2.45) is 5.92 Å². The second-order valence-electron chi connectivity index (χ2n) is 11.3. The first-order valence-electron chi connectivity index (χ1n) is 14.0. The Morgan fingerprint density at radius 1 is 1.18 bits per heavy atom. The number of nitrogens with one attached hydrogen (secondary N) is 2. The zero-order valence-corrected chi connectivity index (χ0v) is 25.7. The fourth-order valence-corrected chi connectivity index (χ4v) is 7.44. The molecule has 3 heterocycles. The maximum atomic E-state index is 14.4. The predicted molar refractivity (Wildman–Crippen MR) is 164 cm³/mol. The molecule has 0 radical (unpaired) electrons. The van der Waals surface area contributed by atoms with E-state index in [0.717, 1.165) is 12.8 Å². The van der Waals surface area contributed by atoms with Crippen LogP contribution in [0.4, 0.5) is 11.4 Å². The number of ether oxygens (including phenoxy) is 1.